The second-order valence-corrected chi connectivity index (χ2v) is 10.2. The molecule has 1 saturated carbocycles. The van der Waals surface area contributed by atoms with E-state index in [0.29, 0.717) is 5.52 Å². The number of rotatable bonds is 6. The molecule has 0 saturated heterocycles. The van der Waals surface area contributed by atoms with E-state index in [1.807, 2.05) is 61.5 Å². The molecule has 1 fully saturated rings. The lowest BCUT2D eigenvalue weighted by molar-refractivity contribution is 0.139. The van der Waals surface area contributed by atoms with Gasteiger partial charge in [-0.3, -0.25) is 0 Å². The van der Waals surface area contributed by atoms with Gasteiger partial charge in [0.25, 0.3) is 10.0 Å². The van der Waals surface area contributed by atoms with Crippen molar-refractivity contribution < 1.29 is 17.9 Å². The topological polar surface area (TPSA) is 77.4 Å². The van der Waals surface area contributed by atoms with E-state index in [2.05, 4.69) is 5.32 Å². The number of nitrogens with zero attached hydrogens (tertiary/aromatic N) is 1. The van der Waals surface area contributed by atoms with Crippen molar-refractivity contribution in [2.24, 2.45) is 0 Å². The summed E-state index contributed by atoms with van der Waals surface area (Å²) < 4.78 is 33.4. The quantitative estimate of drug-likeness (QED) is 0.441. The summed E-state index contributed by atoms with van der Waals surface area (Å²) in [5, 5.41) is 3.78. The maximum Gasteiger partial charge on any atom is 0.407 e. The van der Waals surface area contributed by atoms with Crippen LogP contribution < -0.4 is 5.32 Å². The highest BCUT2D eigenvalue weighted by molar-refractivity contribution is 7.90. The molecular weight excluding hydrogens is 436 g/mol. The van der Waals surface area contributed by atoms with E-state index in [9.17, 15) is 13.2 Å². The summed E-state index contributed by atoms with van der Waals surface area (Å²) >= 11 is 0. The highest BCUT2D eigenvalue weighted by atomic mass is 32.2. The number of benzene rings is 3. The summed E-state index contributed by atoms with van der Waals surface area (Å²) in [5.74, 6) is 0.0358. The largest absolute Gasteiger partial charge is 0.445 e. The number of ether oxygens (including phenoxy) is 1. The average molecular weight is 461 g/mol. The lowest BCUT2D eigenvalue weighted by Gasteiger charge is -2.08. The van der Waals surface area contributed by atoms with E-state index in [1.165, 1.54) is 3.97 Å². The van der Waals surface area contributed by atoms with Crippen molar-refractivity contribution in [3.63, 3.8) is 0 Å². The number of hydrogen-bond donors (Lipinski definition) is 1. The van der Waals surface area contributed by atoms with Crippen LogP contribution in [0.4, 0.5) is 4.79 Å². The fraction of sp³-hybridized carbons (Fsp3) is 0.192. The molecule has 2 atom stereocenters. The van der Waals surface area contributed by atoms with Gasteiger partial charge in [-0.15, -0.1) is 0 Å². The molecule has 0 radical (unpaired) electrons. The Kier molecular flexibility index (Phi) is 5.42. The van der Waals surface area contributed by atoms with Crippen LogP contribution in [0.3, 0.4) is 0 Å². The van der Waals surface area contributed by atoms with Crippen LogP contribution in [-0.2, 0) is 21.4 Å². The van der Waals surface area contributed by atoms with Crippen molar-refractivity contribution in [1.29, 1.82) is 0 Å². The van der Waals surface area contributed by atoms with Crippen molar-refractivity contribution in [3.05, 3.63) is 102 Å². The number of carbonyl (C=O) groups excluding carboxylic acids is 1. The third-order valence-corrected chi connectivity index (χ3v) is 7.68. The van der Waals surface area contributed by atoms with Gasteiger partial charge in [-0.05, 0) is 42.7 Å². The van der Waals surface area contributed by atoms with E-state index in [0.717, 1.165) is 28.5 Å². The number of para-hydroxylation sites is 1. The van der Waals surface area contributed by atoms with Gasteiger partial charge in [0.15, 0.2) is 0 Å². The highest BCUT2D eigenvalue weighted by Crippen LogP contribution is 2.45. The number of alkyl carbamates (subject to hydrolysis) is 1. The first-order valence-electron chi connectivity index (χ1n) is 10.8. The van der Waals surface area contributed by atoms with Crippen LogP contribution in [0.2, 0.25) is 0 Å². The van der Waals surface area contributed by atoms with Crippen molar-refractivity contribution >= 4 is 27.0 Å². The molecule has 1 amide bonds. The fourth-order valence-corrected chi connectivity index (χ4v) is 5.49. The molecule has 4 aromatic rings. The van der Waals surface area contributed by atoms with Gasteiger partial charge in [0.05, 0.1) is 10.4 Å². The first kappa shape index (κ1) is 21.3. The minimum atomic E-state index is -3.74. The Morgan fingerprint density at radius 3 is 2.45 bits per heavy atom. The van der Waals surface area contributed by atoms with Crippen LogP contribution in [0.15, 0.2) is 90.0 Å². The van der Waals surface area contributed by atoms with Gasteiger partial charge in [0, 0.05) is 23.5 Å². The summed E-state index contributed by atoms with van der Waals surface area (Å²) in [6, 6.07) is 23.7. The van der Waals surface area contributed by atoms with Crippen LogP contribution in [0.5, 0.6) is 0 Å². The summed E-state index contributed by atoms with van der Waals surface area (Å²) in [6.45, 7) is 2.13. The van der Waals surface area contributed by atoms with E-state index in [-0.39, 0.29) is 23.5 Å². The standard InChI is InChI=1S/C26H24N2O4S/c1-18-11-13-20(14-12-18)33(30,31)28-16-23(21-9-5-6-10-25(21)28)22-15-24(22)27-26(29)32-17-19-7-3-2-4-8-19/h2-14,16,22,24H,15,17H2,1H3,(H,27,29)/t22-,24+/m0/s1. The van der Waals surface area contributed by atoms with E-state index in [1.54, 1.807) is 30.5 Å². The van der Waals surface area contributed by atoms with Crippen LogP contribution in [-0.4, -0.2) is 24.5 Å². The van der Waals surface area contributed by atoms with Crippen molar-refractivity contribution in [1.82, 2.24) is 9.29 Å². The van der Waals surface area contributed by atoms with Crippen molar-refractivity contribution in [2.45, 2.75) is 36.8 Å². The lowest BCUT2D eigenvalue weighted by atomic mass is 10.1. The van der Waals surface area contributed by atoms with Gasteiger partial charge in [0.2, 0.25) is 0 Å². The number of nitrogens with one attached hydrogen (secondary N) is 1. The molecule has 0 spiro atoms. The molecule has 0 aliphatic heterocycles. The normalized spacial score (nSPS) is 17.6. The molecule has 1 aliphatic carbocycles. The number of aryl methyl sites for hydroxylation is 1. The average Bonchev–Trinajstić information content (AvgIpc) is 3.46. The predicted octanol–water partition coefficient (Wildman–Crippen LogP) is 4.97. The van der Waals surface area contributed by atoms with Crippen molar-refractivity contribution in [2.75, 3.05) is 0 Å². The van der Waals surface area contributed by atoms with E-state index >= 15 is 0 Å². The number of amides is 1. The third-order valence-electron chi connectivity index (χ3n) is 5.99. The van der Waals surface area contributed by atoms with Crippen LogP contribution >= 0.6 is 0 Å². The Morgan fingerprint density at radius 1 is 1.00 bits per heavy atom. The summed E-state index contributed by atoms with van der Waals surface area (Å²) in [4.78, 5) is 12.5. The Morgan fingerprint density at radius 2 is 1.70 bits per heavy atom. The van der Waals surface area contributed by atoms with Crippen LogP contribution in [0, 0.1) is 6.92 Å². The minimum absolute atomic E-state index is 0.0358. The molecule has 7 heteroatoms. The Balaban J connectivity index is 1.36. The first-order chi connectivity index (χ1) is 15.9. The molecular formula is C26H24N2O4S. The molecule has 1 heterocycles. The maximum absolute atomic E-state index is 13.4. The number of aromatic nitrogens is 1. The molecule has 0 bridgehead atoms. The second kappa shape index (κ2) is 8.41. The summed E-state index contributed by atoms with van der Waals surface area (Å²) in [7, 11) is -3.74. The summed E-state index contributed by atoms with van der Waals surface area (Å²) in [5.41, 5.74) is 3.46. The molecule has 1 aliphatic rings. The predicted molar refractivity (Wildman–Crippen MR) is 127 cm³/mol. The Labute approximate surface area is 192 Å². The molecule has 1 N–H and O–H groups in total. The smallest absolute Gasteiger partial charge is 0.407 e. The lowest BCUT2D eigenvalue weighted by Crippen LogP contribution is -2.27. The number of carbonyl (C=O) groups is 1. The molecule has 168 valence electrons. The highest BCUT2D eigenvalue weighted by Gasteiger charge is 2.42. The molecule has 33 heavy (non-hydrogen) atoms. The minimum Gasteiger partial charge on any atom is -0.445 e. The van der Waals surface area contributed by atoms with Gasteiger partial charge in [0.1, 0.15) is 6.61 Å². The maximum atomic E-state index is 13.4. The zero-order valence-corrected chi connectivity index (χ0v) is 19.0. The SMILES string of the molecule is Cc1ccc(S(=O)(=O)n2cc([C@@H]3C[C@H]3NC(=O)OCc3ccccc3)c3ccccc32)cc1. The number of fused-ring (bicyclic) bond motifs is 1. The van der Waals surface area contributed by atoms with E-state index in [4.69, 9.17) is 4.74 Å². The van der Waals surface area contributed by atoms with Crippen LogP contribution in [0.25, 0.3) is 10.9 Å². The summed E-state index contributed by atoms with van der Waals surface area (Å²) in [6.07, 6.45) is 1.96. The van der Waals surface area contributed by atoms with Gasteiger partial charge in [-0.1, -0.05) is 66.2 Å². The van der Waals surface area contributed by atoms with E-state index < -0.39 is 16.1 Å². The molecule has 3 aromatic carbocycles. The fourth-order valence-electron chi connectivity index (χ4n) is 4.11. The molecule has 6 nitrogen and oxygen atoms in total. The Bertz CT molecular complexity index is 1410. The zero-order valence-electron chi connectivity index (χ0n) is 18.1. The zero-order chi connectivity index (χ0) is 23.0. The van der Waals surface area contributed by atoms with Gasteiger partial charge in [-0.2, -0.15) is 0 Å². The van der Waals surface area contributed by atoms with Gasteiger partial charge in [-0.25, -0.2) is 17.2 Å². The van der Waals surface area contributed by atoms with Crippen molar-refractivity contribution in [3.8, 4) is 0 Å². The first-order valence-corrected chi connectivity index (χ1v) is 12.3. The van der Waals surface area contributed by atoms with Gasteiger partial charge >= 0.3 is 6.09 Å². The monoisotopic (exact) mass is 460 g/mol. The van der Waals surface area contributed by atoms with Gasteiger partial charge < -0.3 is 10.1 Å². The van der Waals surface area contributed by atoms with Crippen LogP contribution in [0.1, 0.15) is 29.0 Å². The molecule has 1 aromatic heterocycles. The number of hydrogen-bond acceptors (Lipinski definition) is 4. The Hall–Kier alpha value is -3.58. The third kappa shape index (κ3) is 4.24. The second-order valence-electron chi connectivity index (χ2n) is 8.37. The molecule has 0 unspecified atom stereocenters. The molecule has 5 rings (SSSR count).